The maximum Gasteiger partial charge on any atom is 0.250 e. The Bertz CT molecular complexity index is 482. The largest absolute Gasteiger partial charge is 0.366 e. The number of amides is 2. The van der Waals surface area contributed by atoms with E-state index in [9.17, 15) is 9.59 Å². The number of halogens is 1. The van der Waals surface area contributed by atoms with Crippen LogP contribution >= 0.6 is 23.4 Å². The van der Waals surface area contributed by atoms with Crippen molar-refractivity contribution < 1.29 is 9.59 Å². The Balaban J connectivity index is 2.74. The number of nitrogens with one attached hydrogen (secondary N) is 1. The predicted molar refractivity (Wildman–Crippen MR) is 79.6 cm³/mol. The number of thioether (sulfide) groups is 1. The molecule has 0 saturated carbocycles. The molecule has 0 aliphatic rings. The highest BCUT2D eigenvalue weighted by Crippen LogP contribution is 2.20. The van der Waals surface area contributed by atoms with Gasteiger partial charge in [0.25, 0.3) is 0 Å². The van der Waals surface area contributed by atoms with Gasteiger partial charge in [0.15, 0.2) is 0 Å². The molecule has 0 fully saturated rings. The number of rotatable bonds is 6. The number of benzene rings is 1. The fourth-order valence-electron chi connectivity index (χ4n) is 1.40. The molecule has 0 unspecified atom stereocenters. The molecule has 0 saturated heterocycles. The van der Waals surface area contributed by atoms with E-state index in [0.717, 1.165) is 5.75 Å². The second kappa shape index (κ2) is 7.37. The molecule has 5 nitrogen and oxygen atoms in total. The van der Waals surface area contributed by atoms with E-state index in [-0.39, 0.29) is 16.5 Å². The summed E-state index contributed by atoms with van der Waals surface area (Å²) in [5.74, 6) is -0.138. The molecule has 0 aromatic heterocycles. The van der Waals surface area contributed by atoms with Crippen molar-refractivity contribution in [2.45, 2.75) is 12.5 Å². The summed E-state index contributed by atoms with van der Waals surface area (Å²) in [4.78, 5) is 22.9. The number of hydrogen-bond acceptors (Lipinski definition) is 4. The molecule has 0 spiro atoms. The molecule has 2 amide bonds. The first-order chi connectivity index (χ1) is 8.95. The lowest BCUT2D eigenvalue weighted by Gasteiger charge is -2.12. The highest BCUT2D eigenvalue weighted by Gasteiger charge is 2.14. The van der Waals surface area contributed by atoms with Gasteiger partial charge in [0.05, 0.1) is 16.6 Å². The molecule has 19 heavy (non-hydrogen) atoms. The van der Waals surface area contributed by atoms with Crippen molar-refractivity contribution in [3.05, 3.63) is 28.8 Å². The van der Waals surface area contributed by atoms with Crippen LogP contribution < -0.4 is 16.8 Å². The smallest absolute Gasteiger partial charge is 0.250 e. The van der Waals surface area contributed by atoms with Gasteiger partial charge >= 0.3 is 0 Å². The normalized spacial score (nSPS) is 11.9. The van der Waals surface area contributed by atoms with E-state index in [0.29, 0.717) is 12.1 Å². The van der Waals surface area contributed by atoms with Gasteiger partial charge in [-0.05, 0) is 36.6 Å². The van der Waals surface area contributed by atoms with Gasteiger partial charge < -0.3 is 16.8 Å². The summed E-state index contributed by atoms with van der Waals surface area (Å²) in [6, 6.07) is 3.95. The number of carbonyl (C=O) groups is 2. The Kier molecular flexibility index (Phi) is 6.14. The van der Waals surface area contributed by atoms with E-state index in [1.807, 2.05) is 6.26 Å². The first-order valence-electron chi connectivity index (χ1n) is 5.60. The third kappa shape index (κ3) is 4.74. The van der Waals surface area contributed by atoms with Crippen LogP contribution in [0.2, 0.25) is 5.02 Å². The van der Waals surface area contributed by atoms with Gasteiger partial charge in [0.1, 0.15) is 0 Å². The maximum atomic E-state index is 11.8. The van der Waals surface area contributed by atoms with Gasteiger partial charge in [-0.2, -0.15) is 11.8 Å². The Morgan fingerprint density at radius 1 is 1.47 bits per heavy atom. The third-order valence-electron chi connectivity index (χ3n) is 2.47. The second-order valence-corrected chi connectivity index (χ2v) is 5.33. The predicted octanol–water partition coefficient (Wildman–Crippen LogP) is 1.46. The number of nitrogens with two attached hydrogens (primary N) is 2. The van der Waals surface area contributed by atoms with Gasteiger partial charge in [-0.15, -0.1) is 0 Å². The van der Waals surface area contributed by atoms with Crippen LogP contribution in [0.4, 0.5) is 5.69 Å². The van der Waals surface area contributed by atoms with E-state index in [1.54, 1.807) is 17.8 Å². The average Bonchev–Trinajstić information content (AvgIpc) is 2.37. The van der Waals surface area contributed by atoms with Crippen LogP contribution in [-0.4, -0.2) is 29.9 Å². The molecular formula is C12H16ClN3O2S. The average molecular weight is 302 g/mol. The fraction of sp³-hybridized carbons (Fsp3) is 0.333. The van der Waals surface area contributed by atoms with Gasteiger partial charge in [0.2, 0.25) is 11.8 Å². The van der Waals surface area contributed by atoms with Gasteiger partial charge in [-0.25, -0.2) is 0 Å². The minimum Gasteiger partial charge on any atom is -0.366 e. The number of hydrogen-bond donors (Lipinski definition) is 3. The highest BCUT2D eigenvalue weighted by atomic mass is 35.5. The number of carbonyl (C=O) groups excluding carboxylic acids is 2. The molecule has 0 radical (unpaired) electrons. The lowest BCUT2D eigenvalue weighted by molar-refractivity contribution is -0.117. The van der Waals surface area contributed by atoms with Crippen LogP contribution in [0.3, 0.4) is 0 Å². The molecule has 1 aromatic carbocycles. The van der Waals surface area contributed by atoms with Crippen molar-refractivity contribution in [3.8, 4) is 0 Å². The standard InChI is InChI=1S/C12H16ClN3O2S/c1-19-5-4-10(14)12(18)16-7-2-3-9(13)8(6-7)11(15)17/h2-3,6,10H,4-5,14H2,1H3,(H2,15,17)(H,16,18)/t10-/m0/s1. The summed E-state index contributed by atoms with van der Waals surface area (Å²) >= 11 is 7.44. The zero-order valence-electron chi connectivity index (χ0n) is 10.5. The molecule has 0 heterocycles. The second-order valence-electron chi connectivity index (χ2n) is 3.94. The molecule has 1 rings (SSSR count). The lowest BCUT2D eigenvalue weighted by atomic mass is 10.1. The van der Waals surface area contributed by atoms with Crippen LogP contribution in [0, 0.1) is 0 Å². The van der Waals surface area contributed by atoms with Crippen LogP contribution in [0.25, 0.3) is 0 Å². The van der Waals surface area contributed by atoms with Crippen LogP contribution in [-0.2, 0) is 4.79 Å². The Morgan fingerprint density at radius 2 is 2.16 bits per heavy atom. The quantitative estimate of drug-likeness (QED) is 0.741. The molecule has 1 aromatic rings. The third-order valence-corrected chi connectivity index (χ3v) is 3.44. The summed E-state index contributed by atoms with van der Waals surface area (Å²) in [6.45, 7) is 0. The minimum atomic E-state index is -0.646. The Hall–Kier alpha value is -1.24. The number of primary amides is 1. The molecular weight excluding hydrogens is 286 g/mol. The zero-order chi connectivity index (χ0) is 14.4. The SMILES string of the molecule is CSCC[C@H](N)C(=O)Nc1ccc(Cl)c(C(N)=O)c1. The van der Waals surface area contributed by atoms with Crippen LogP contribution in [0.1, 0.15) is 16.8 Å². The lowest BCUT2D eigenvalue weighted by Crippen LogP contribution is -2.36. The number of anilines is 1. The summed E-state index contributed by atoms with van der Waals surface area (Å²) in [6.07, 6.45) is 2.53. The summed E-state index contributed by atoms with van der Waals surface area (Å²) < 4.78 is 0. The molecule has 7 heteroatoms. The van der Waals surface area contributed by atoms with Crippen molar-refractivity contribution in [1.82, 2.24) is 0 Å². The van der Waals surface area contributed by atoms with Crippen molar-refractivity contribution in [1.29, 1.82) is 0 Å². The first-order valence-corrected chi connectivity index (χ1v) is 7.37. The van der Waals surface area contributed by atoms with Crippen LogP contribution in [0.15, 0.2) is 18.2 Å². The molecule has 5 N–H and O–H groups in total. The maximum absolute atomic E-state index is 11.8. The van der Waals surface area contributed by atoms with Crippen molar-refractivity contribution >= 4 is 40.9 Å². The Labute approximate surface area is 121 Å². The summed E-state index contributed by atoms with van der Waals surface area (Å²) in [5.41, 5.74) is 11.5. The Morgan fingerprint density at radius 3 is 2.74 bits per heavy atom. The van der Waals surface area contributed by atoms with Crippen LogP contribution in [0.5, 0.6) is 0 Å². The summed E-state index contributed by atoms with van der Waals surface area (Å²) in [5, 5.41) is 2.88. The van der Waals surface area contributed by atoms with E-state index < -0.39 is 11.9 Å². The van der Waals surface area contributed by atoms with Crippen molar-refractivity contribution in [2.75, 3.05) is 17.3 Å². The highest BCUT2D eigenvalue weighted by molar-refractivity contribution is 7.98. The molecule has 104 valence electrons. The molecule has 0 aliphatic heterocycles. The monoisotopic (exact) mass is 301 g/mol. The van der Waals surface area contributed by atoms with Gasteiger partial charge in [-0.1, -0.05) is 11.6 Å². The zero-order valence-corrected chi connectivity index (χ0v) is 12.1. The minimum absolute atomic E-state index is 0.164. The first kappa shape index (κ1) is 15.8. The van der Waals surface area contributed by atoms with Crippen molar-refractivity contribution in [2.24, 2.45) is 11.5 Å². The van der Waals surface area contributed by atoms with Gasteiger partial charge in [0, 0.05) is 5.69 Å². The van der Waals surface area contributed by atoms with Gasteiger partial charge in [-0.3, -0.25) is 9.59 Å². The fourth-order valence-corrected chi connectivity index (χ4v) is 2.10. The van der Waals surface area contributed by atoms with E-state index in [1.165, 1.54) is 12.1 Å². The molecule has 0 bridgehead atoms. The molecule has 1 atom stereocenters. The van der Waals surface area contributed by atoms with E-state index >= 15 is 0 Å². The van der Waals surface area contributed by atoms with E-state index in [2.05, 4.69) is 5.32 Å². The van der Waals surface area contributed by atoms with Crippen molar-refractivity contribution in [3.63, 3.8) is 0 Å². The van der Waals surface area contributed by atoms with E-state index in [4.69, 9.17) is 23.1 Å². The topological polar surface area (TPSA) is 98.2 Å². The molecule has 0 aliphatic carbocycles. The summed E-state index contributed by atoms with van der Waals surface area (Å²) in [7, 11) is 0.